The van der Waals surface area contributed by atoms with Crippen molar-refractivity contribution < 1.29 is 64.6 Å². The summed E-state index contributed by atoms with van der Waals surface area (Å²) in [5.41, 5.74) is 0. The van der Waals surface area contributed by atoms with Crippen LogP contribution < -0.4 is 5.32 Å². The van der Waals surface area contributed by atoms with Crippen molar-refractivity contribution in [2.75, 3.05) is 19.8 Å². The van der Waals surface area contributed by atoms with Gasteiger partial charge in [-0.3, -0.25) is 4.79 Å². The molecule has 334 valence electrons. The summed E-state index contributed by atoms with van der Waals surface area (Å²) in [6.07, 6.45) is 13.8. The van der Waals surface area contributed by atoms with Crippen LogP contribution in [0.1, 0.15) is 149 Å². The number of allylic oxidation sites excluding steroid dienone is 3. The maximum atomic E-state index is 13.1. The molecule has 2 rings (SSSR count). The van der Waals surface area contributed by atoms with Crippen LogP contribution in [0.5, 0.6) is 0 Å². The van der Waals surface area contributed by atoms with E-state index in [-0.39, 0.29) is 18.9 Å². The lowest BCUT2D eigenvalue weighted by molar-refractivity contribution is -0.359. The van der Waals surface area contributed by atoms with Gasteiger partial charge < -0.3 is 65.1 Å². The van der Waals surface area contributed by atoms with Crippen molar-refractivity contribution in [1.82, 2.24) is 5.32 Å². The topological polar surface area (TPSA) is 228 Å². The van der Waals surface area contributed by atoms with Gasteiger partial charge in [-0.1, -0.05) is 122 Å². The third kappa shape index (κ3) is 20.1. The van der Waals surface area contributed by atoms with E-state index in [4.69, 9.17) is 18.9 Å². The third-order valence-corrected chi connectivity index (χ3v) is 10.9. The molecule has 12 atom stereocenters. The van der Waals surface area contributed by atoms with Crippen molar-refractivity contribution in [2.24, 2.45) is 0 Å². The average Bonchev–Trinajstić information content (AvgIpc) is 3.21. The molecule has 12 unspecified atom stereocenters. The van der Waals surface area contributed by atoms with E-state index in [1.54, 1.807) is 6.08 Å². The van der Waals surface area contributed by atoms with Gasteiger partial charge in [-0.05, 0) is 44.9 Å². The fourth-order valence-corrected chi connectivity index (χ4v) is 7.16. The van der Waals surface area contributed by atoms with E-state index < -0.39 is 86.8 Å². The first kappa shape index (κ1) is 51.6. The van der Waals surface area contributed by atoms with Gasteiger partial charge in [0.25, 0.3) is 0 Å². The Bertz CT molecular complexity index is 1060. The van der Waals surface area contributed by atoms with Gasteiger partial charge in [-0.25, -0.2) is 0 Å². The third-order valence-electron chi connectivity index (χ3n) is 10.9. The molecule has 0 bridgehead atoms. The molecule has 9 N–H and O–H groups in total. The van der Waals surface area contributed by atoms with Crippen LogP contribution in [0.25, 0.3) is 0 Å². The van der Waals surface area contributed by atoms with Crippen LogP contribution in [-0.4, -0.2) is 140 Å². The summed E-state index contributed by atoms with van der Waals surface area (Å²) >= 11 is 0. The Hall–Kier alpha value is -1.53. The Kier molecular flexibility index (Phi) is 28.4. The summed E-state index contributed by atoms with van der Waals surface area (Å²) in [5.74, 6) is -0.253. The number of nitrogens with one attached hydrogen (secondary N) is 1. The highest BCUT2D eigenvalue weighted by Crippen LogP contribution is 2.30. The standard InChI is InChI=1S/C43H79NO13/c1-3-5-7-9-11-13-15-16-17-19-21-23-25-27-35(48)44-31(32(47)26-24-22-20-18-14-12-10-8-6-4-2)30-54-42-40(53)38(51)41(34(29-46)56-42)57-43-39(52)37(50)36(49)33(28-45)55-43/h13,15,24,26,31-34,36-43,45-47,49-53H,3-12,14,16-23,25,27-30H2,1-2H3,(H,44,48)/b15-13-,26-24+. The SMILES string of the molecule is CCCCCC/C=C\CCCCCCCC(=O)NC(COC1OC(CO)C(OC2OC(CO)C(O)C(O)C2O)C(O)C1O)C(O)/C=C/CCCCCCCCCC. The highest BCUT2D eigenvalue weighted by molar-refractivity contribution is 5.76. The zero-order valence-electron chi connectivity index (χ0n) is 34.8. The van der Waals surface area contributed by atoms with E-state index >= 15 is 0 Å². The molecule has 0 aliphatic carbocycles. The number of hydrogen-bond donors (Lipinski definition) is 9. The number of amides is 1. The van der Waals surface area contributed by atoms with Gasteiger partial charge in [0.15, 0.2) is 12.6 Å². The van der Waals surface area contributed by atoms with Crippen molar-refractivity contribution in [3.63, 3.8) is 0 Å². The van der Waals surface area contributed by atoms with Gasteiger partial charge in [-0.15, -0.1) is 0 Å². The number of aliphatic hydroxyl groups excluding tert-OH is 8. The van der Waals surface area contributed by atoms with Gasteiger partial charge in [0.05, 0.1) is 32.0 Å². The van der Waals surface area contributed by atoms with E-state index in [9.17, 15) is 45.6 Å². The first-order valence-corrected chi connectivity index (χ1v) is 22.1. The van der Waals surface area contributed by atoms with Crippen molar-refractivity contribution >= 4 is 5.91 Å². The molecule has 14 heteroatoms. The molecule has 0 aromatic heterocycles. The second-order valence-corrected chi connectivity index (χ2v) is 15.8. The number of hydrogen-bond acceptors (Lipinski definition) is 13. The maximum Gasteiger partial charge on any atom is 0.220 e. The molecule has 2 aliphatic heterocycles. The zero-order chi connectivity index (χ0) is 41.8. The van der Waals surface area contributed by atoms with E-state index in [0.29, 0.717) is 6.42 Å². The van der Waals surface area contributed by atoms with Gasteiger partial charge >= 0.3 is 0 Å². The summed E-state index contributed by atoms with van der Waals surface area (Å²) in [6.45, 7) is 2.70. The number of rotatable bonds is 32. The molecular formula is C43H79NO13. The summed E-state index contributed by atoms with van der Waals surface area (Å²) in [6, 6.07) is -0.912. The number of carbonyl (C=O) groups excluding carboxylic acids is 1. The lowest BCUT2D eigenvalue weighted by Gasteiger charge is -2.46. The van der Waals surface area contributed by atoms with Gasteiger partial charge in [0, 0.05) is 6.42 Å². The largest absolute Gasteiger partial charge is 0.394 e. The molecule has 0 saturated carbocycles. The Morgan fingerprint density at radius 2 is 1.11 bits per heavy atom. The summed E-state index contributed by atoms with van der Waals surface area (Å²) in [5, 5.41) is 86.2. The number of carbonyl (C=O) groups is 1. The fourth-order valence-electron chi connectivity index (χ4n) is 7.16. The minimum Gasteiger partial charge on any atom is -0.394 e. The second kappa shape index (κ2) is 31.4. The Balaban J connectivity index is 1.92. The number of ether oxygens (including phenoxy) is 4. The molecule has 0 aromatic rings. The van der Waals surface area contributed by atoms with Crippen LogP contribution in [-0.2, 0) is 23.7 Å². The smallest absolute Gasteiger partial charge is 0.220 e. The van der Waals surface area contributed by atoms with Crippen molar-refractivity contribution in [2.45, 2.75) is 222 Å². The molecule has 2 fully saturated rings. The highest BCUT2D eigenvalue weighted by atomic mass is 16.7. The fraction of sp³-hybridized carbons (Fsp3) is 0.884. The van der Waals surface area contributed by atoms with Crippen LogP contribution in [0.4, 0.5) is 0 Å². The van der Waals surface area contributed by atoms with Crippen molar-refractivity contribution in [1.29, 1.82) is 0 Å². The van der Waals surface area contributed by atoms with Gasteiger partial charge in [0.2, 0.25) is 5.91 Å². The Labute approximate surface area is 341 Å². The van der Waals surface area contributed by atoms with Crippen LogP contribution in [0.3, 0.4) is 0 Å². The molecule has 0 aromatic carbocycles. The van der Waals surface area contributed by atoms with E-state index in [1.807, 2.05) is 6.08 Å². The Morgan fingerprint density at radius 1 is 0.614 bits per heavy atom. The second-order valence-electron chi connectivity index (χ2n) is 15.8. The maximum absolute atomic E-state index is 13.1. The summed E-state index contributed by atoms with van der Waals surface area (Å²) in [7, 11) is 0. The molecule has 14 nitrogen and oxygen atoms in total. The molecule has 0 radical (unpaired) electrons. The first-order chi connectivity index (χ1) is 27.6. The minimum atomic E-state index is -1.79. The van der Waals surface area contributed by atoms with Crippen LogP contribution >= 0.6 is 0 Å². The predicted molar refractivity (Wildman–Crippen MR) is 217 cm³/mol. The van der Waals surface area contributed by atoms with Crippen molar-refractivity contribution in [3.8, 4) is 0 Å². The molecule has 1 amide bonds. The van der Waals surface area contributed by atoms with Gasteiger partial charge in [0.1, 0.15) is 48.8 Å². The lowest BCUT2D eigenvalue weighted by atomic mass is 9.97. The number of aliphatic hydroxyl groups is 8. The first-order valence-electron chi connectivity index (χ1n) is 22.1. The van der Waals surface area contributed by atoms with Gasteiger partial charge in [-0.2, -0.15) is 0 Å². The highest BCUT2D eigenvalue weighted by Gasteiger charge is 2.50. The summed E-state index contributed by atoms with van der Waals surface area (Å²) < 4.78 is 22.6. The monoisotopic (exact) mass is 818 g/mol. The van der Waals surface area contributed by atoms with E-state index in [0.717, 1.165) is 57.8 Å². The average molecular weight is 818 g/mol. The van der Waals surface area contributed by atoms with Crippen LogP contribution in [0.15, 0.2) is 24.3 Å². The van der Waals surface area contributed by atoms with Crippen LogP contribution in [0, 0.1) is 0 Å². The molecule has 2 saturated heterocycles. The molecule has 57 heavy (non-hydrogen) atoms. The zero-order valence-corrected chi connectivity index (χ0v) is 34.8. The van der Waals surface area contributed by atoms with E-state index in [1.165, 1.54) is 64.2 Å². The molecule has 0 spiro atoms. The molecular weight excluding hydrogens is 738 g/mol. The molecule has 2 heterocycles. The summed E-state index contributed by atoms with van der Waals surface area (Å²) in [4.78, 5) is 13.1. The van der Waals surface area contributed by atoms with Crippen molar-refractivity contribution in [3.05, 3.63) is 24.3 Å². The quantitative estimate of drug-likeness (QED) is 0.0348. The Morgan fingerprint density at radius 3 is 1.68 bits per heavy atom. The lowest BCUT2D eigenvalue weighted by Crippen LogP contribution is -2.65. The molecule has 2 aliphatic rings. The van der Waals surface area contributed by atoms with Crippen LogP contribution in [0.2, 0.25) is 0 Å². The minimum absolute atomic E-state index is 0.253. The number of unbranched alkanes of at least 4 members (excludes halogenated alkanes) is 17. The predicted octanol–water partition coefficient (Wildman–Crippen LogP) is 3.82. The normalized spacial score (nSPS) is 29.3. The van der Waals surface area contributed by atoms with E-state index in [2.05, 4.69) is 31.3 Å².